The number of imidazole rings is 1. The highest BCUT2D eigenvalue weighted by Gasteiger charge is 2.61. The van der Waals surface area contributed by atoms with Crippen LogP contribution in [0.25, 0.3) is 0 Å². The largest absolute Gasteiger partial charge is 0.480 e. The molecule has 1 aromatic heterocycles. The topological polar surface area (TPSA) is 124 Å². The third-order valence-electron chi connectivity index (χ3n) is 3.84. The second-order valence-corrected chi connectivity index (χ2v) is 4.72. The van der Waals surface area contributed by atoms with Crippen molar-refractivity contribution in [3.8, 4) is 0 Å². The molecule has 3 heterocycles. The summed E-state index contributed by atoms with van der Waals surface area (Å²) in [5.41, 5.74) is -0.919. The normalized spacial score (nSPS) is 28.9. The average molecular weight is 265 g/mol. The maximum absolute atomic E-state index is 11.9. The van der Waals surface area contributed by atoms with Gasteiger partial charge in [-0.25, -0.2) is 14.6 Å². The van der Waals surface area contributed by atoms with Crippen LogP contribution in [0.1, 0.15) is 24.2 Å². The maximum Gasteiger partial charge on any atom is 0.336 e. The SMILES string of the molecule is O=C(O)[C@@H]1Cc2[nH]cnc2[C@@]2(C(=O)O)CCC(=O)N12. The Labute approximate surface area is 107 Å². The van der Waals surface area contributed by atoms with Crippen molar-refractivity contribution in [2.24, 2.45) is 0 Å². The summed E-state index contributed by atoms with van der Waals surface area (Å²) >= 11 is 0. The van der Waals surface area contributed by atoms with Gasteiger partial charge in [0.2, 0.25) is 5.91 Å². The number of carboxylic acid groups (broad SMARTS) is 2. The minimum Gasteiger partial charge on any atom is -0.480 e. The number of hydrogen-bond donors (Lipinski definition) is 3. The van der Waals surface area contributed by atoms with Gasteiger partial charge < -0.3 is 20.1 Å². The minimum atomic E-state index is -1.65. The first-order valence-corrected chi connectivity index (χ1v) is 5.79. The molecule has 100 valence electrons. The van der Waals surface area contributed by atoms with Crippen LogP contribution in [0.3, 0.4) is 0 Å². The predicted molar refractivity (Wildman–Crippen MR) is 59.1 cm³/mol. The highest BCUT2D eigenvalue weighted by molar-refractivity contribution is 5.95. The molecule has 2 aliphatic heterocycles. The van der Waals surface area contributed by atoms with Crippen molar-refractivity contribution in [3.63, 3.8) is 0 Å². The van der Waals surface area contributed by atoms with Crippen molar-refractivity contribution in [2.75, 3.05) is 0 Å². The third kappa shape index (κ3) is 1.28. The van der Waals surface area contributed by atoms with Gasteiger partial charge in [0.15, 0.2) is 5.54 Å². The minimum absolute atomic E-state index is 0.0162. The molecule has 0 unspecified atom stereocenters. The Hall–Kier alpha value is -2.38. The number of carboxylic acids is 2. The van der Waals surface area contributed by atoms with Crippen molar-refractivity contribution in [1.29, 1.82) is 0 Å². The molecule has 8 heteroatoms. The number of nitrogens with zero attached hydrogens (tertiary/aromatic N) is 2. The zero-order valence-corrected chi connectivity index (χ0v) is 9.79. The number of fused-ring (bicyclic) bond motifs is 3. The van der Waals surface area contributed by atoms with Crippen LogP contribution < -0.4 is 0 Å². The van der Waals surface area contributed by atoms with Crippen molar-refractivity contribution in [3.05, 3.63) is 17.7 Å². The van der Waals surface area contributed by atoms with Crippen LogP contribution >= 0.6 is 0 Å². The van der Waals surface area contributed by atoms with Crippen LogP contribution in [0.15, 0.2) is 6.33 Å². The standard InChI is InChI=1S/C11H11N3O5/c15-7-1-2-11(10(18)19)8-5(12-4-13-8)3-6(9(16)17)14(7)11/h4,6H,1-3H2,(H,12,13)(H,16,17)(H,18,19)/t6-,11+/m0/s1. The monoisotopic (exact) mass is 265 g/mol. The van der Waals surface area contributed by atoms with E-state index in [1.165, 1.54) is 6.33 Å². The smallest absolute Gasteiger partial charge is 0.336 e. The molecule has 1 aromatic rings. The molecule has 1 fully saturated rings. The molecule has 0 aliphatic carbocycles. The molecule has 2 atom stereocenters. The number of aliphatic carboxylic acids is 2. The molecule has 1 saturated heterocycles. The fourth-order valence-corrected chi connectivity index (χ4v) is 3.04. The highest BCUT2D eigenvalue weighted by Crippen LogP contribution is 2.45. The highest BCUT2D eigenvalue weighted by atomic mass is 16.4. The van der Waals surface area contributed by atoms with E-state index in [9.17, 15) is 24.6 Å². The van der Waals surface area contributed by atoms with Gasteiger partial charge in [0.25, 0.3) is 0 Å². The van der Waals surface area contributed by atoms with E-state index in [1.54, 1.807) is 0 Å². The van der Waals surface area contributed by atoms with Gasteiger partial charge in [-0.1, -0.05) is 0 Å². The maximum atomic E-state index is 11.9. The van der Waals surface area contributed by atoms with Crippen molar-refractivity contribution < 1.29 is 24.6 Å². The summed E-state index contributed by atoms with van der Waals surface area (Å²) in [6.45, 7) is 0. The van der Waals surface area contributed by atoms with E-state index in [-0.39, 0.29) is 25.0 Å². The Morgan fingerprint density at radius 1 is 1.47 bits per heavy atom. The van der Waals surface area contributed by atoms with Crippen molar-refractivity contribution in [1.82, 2.24) is 14.9 Å². The van der Waals surface area contributed by atoms with Gasteiger partial charge in [-0.3, -0.25) is 4.79 Å². The molecule has 8 nitrogen and oxygen atoms in total. The van der Waals surface area contributed by atoms with Gasteiger partial charge in [-0.2, -0.15) is 0 Å². The van der Waals surface area contributed by atoms with E-state index < -0.39 is 29.4 Å². The molecule has 0 radical (unpaired) electrons. The molecule has 1 amide bonds. The summed E-state index contributed by atoms with van der Waals surface area (Å²) in [5.74, 6) is -2.90. The number of nitrogens with one attached hydrogen (secondary N) is 1. The molecule has 0 saturated carbocycles. The molecule has 3 rings (SSSR count). The molecule has 0 aromatic carbocycles. The summed E-state index contributed by atoms with van der Waals surface area (Å²) in [5, 5.41) is 18.8. The van der Waals surface area contributed by atoms with Crippen molar-refractivity contribution in [2.45, 2.75) is 30.8 Å². The molecule has 0 bridgehead atoms. The zero-order valence-electron chi connectivity index (χ0n) is 9.79. The van der Waals surface area contributed by atoms with Crippen LogP contribution in [0.4, 0.5) is 0 Å². The fourth-order valence-electron chi connectivity index (χ4n) is 3.04. The number of hydrogen-bond acceptors (Lipinski definition) is 4. The van der Waals surface area contributed by atoms with E-state index >= 15 is 0 Å². The lowest BCUT2D eigenvalue weighted by molar-refractivity contribution is -0.165. The van der Waals surface area contributed by atoms with Gasteiger partial charge in [0.05, 0.1) is 12.0 Å². The quantitative estimate of drug-likeness (QED) is 0.651. The van der Waals surface area contributed by atoms with Crippen LogP contribution in [0.5, 0.6) is 0 Å². The van der Waals surface area contributed by atoms with Gasteiger partial charge >= 0.3 is 11.9 Å². The first-order chi connectivity index (χ1) is 8.98. The van der Waals surface area contributed by atoms with E-state index in [0.29, 0.717) is 5.69 Å². The second kappa shape index (κ2) is 3.56. The lowest BCUT2D eigenvalue weighted by atomic mass is 9.84. The Balaban J connectivity index is 2.25. The van der Waals surface area contributed by atoms with Crippen LogP contribution in [-0.4, -0.2) is 49.0 Å². The Morgan fingerprint density at radius 2 is 2.21 bits per heavy atom. The van der Waals surface area contributed by atoms with E-state index in [0.717, 1.165) is 4.90 Å². The van der Waals surface area contributed by atoms with Gasteiger partial charge in [0, 0.05) is 18.5 Å². The van der Waals surface area contributed by atoms with E-state index in [2.05, 4.69) is 9.97 Å². The first-order valence-electron chi connectivity index (χ1n) is 5.79. The molecule has 19 heavy (non-hydrogen) atoms. The van der Waals surface area contributed by atoms with Crippen LogP contribution in [-0.2, 0) is 26.3 Å². The molecular formula is C11H11N3O5. The Morgan fingerprint density at radius 3 is 2.84 bits per heavy atom. The summed E-state index contributed by atoms with van der Waals surface area (Å²) < 4.78 is 0. The lowest BCUT2D eigenvalue weighted by Crippen LogP contribution is -2.60. The average Bonchev–Trinajstić information content (AvgIpc) is 2.93. The number of H-pyrrole nitrogens is 1. The summed E-state index contributed by atoms with van der Waals surface area (Å²) in [6.07, 6.45) is 1.44. The summed E-state index contributed by atoms with van der Waals surface area (Å²) in [7, 11) is 0. The first kappa shape index (κ1) is 11.7. The second-order valence-electron chi connectivity index (χ2n) is 4.72. The fraction of sp³-hybridized carbons (Fsp3) is 0.455. The number of aromatic nitrogens is 2. The number of carbonyl (C=O) groups is 3. The van der Waals surface area contributed by atoms with Gasteiger partial charge in [-0.05, 0) is 6.42 Å². The molecule has 0 spiro atoms. The Bertz CT molecular complexity index is 595. The van der Waals surface area contributed by atoms with E-state index in [4.69, 9.17) is 0 Å². The molecule has 2 aliphatic rings. The number of aromatic amines is 1. The summed E-state index contributed by atoms with van der Waals surface area (Å²) in [4.78, 5) is 42.7. The van der Waals surface area contributed by atoms with Crippen LogP contribution in [0.2, 0.25) is 0 Å². The Kier molecular flexibility index (Phi) is 2.19. The molecular weight excluding hydrogens is 254 g/mol. The van der Waals surface area contributed by atoms with E-state index in [1.807, 2.05) is 0 Å². The number of rotatable bonds is 2. The molecule has 3 N–H and O–H groups in total. The third-order valence-corrected chi connectivity index (χ3v) is 3.84. The number of amides is 1. The van der Waals surface area contributed by atoms with Crippen molar-refractivity contribution >= 4 is 17.8 Å². The zero-order chi connectivity index (χ0) is 13.8. The van der Waals surface area contributed by atoms with Gasteiger partial charge in [0.1, 0.15) is 6.04 Å². The summed E-state index contributed by atoms with van der Waals surface area (Å²) in [6, 6.07) is -1.17. The van der Waals surface area contributed by atoms with Gasteiger partial charge in [-0.15, -0.1) is 0 Å². The predicted octanol–water partition coefficient (Wildman–Crippen LogP) is -0.679. The number of carbonyl (C=O) groups excluding carboxylic acids is 1. The van der Waals surface area contributed by atoms with Crippen LogP contribution in [0, 0.1) is 0 Å². The lowest BCUT2D eigenvalue weighted by Gasteiger charge is -2.41.